The smallest absolute Gasteiger partial charge is 0.165 e. The van der Waals surface area contributed by atoms with Crippen LogP contribution in [0.1, 0.15) is 17.1 Å². The van der Waals surface area contributed by atoms with E-state index in [0.717, 1.165) is 36.5 Å². The van der Waals surface area contributed by atoms with Crippen LogP contribution in [0.2, 0.25) is 0 Å². The summed E-state index contributed by atoms with van der Waals surface area (Å²) in [5, 5.41) is 4.66. The third-order valence-electron chi connectivity index (χ3n) is 4.07. The average Bonchev–Trinajstić information content (AvgIpc) is 3.18. The van der Waals surface area contributed by atoms with E-state index in [-0.39, 0.29) is 0 Å². The molecule has 0 bridgehead atoms. The Kier molecular flexibility index (Phi) is 3.24. The van der Waals surface area contributed by atoms with Gasteiger partial charge in [-0.05, 0) is 56.6 Å². The van der Waals surface area contributed by atoms with E-state index in [9.17, 15) is 0 Å². The summed E-state index contributed by atoms with van der Waals surface area (Å²) in [7, 11) is 0. The zero-order valence-corrected chi connectivity index (χ0v) is 12.9. The molecule has 108 valence electrons. The van der Waals surface area contributed by atoms with Crippen LogP contribution in [0, 0.1) is 12.8 Å². The lowest BCUT2D eigenvalue weighted by atomic mass is 10.0. The van der Waals surface area contributed by atoms with Crippen molar-refractivity contribution < 1.29 is 0 Å². The first-order chi connectivity index (χ1) is 10.3. The second kappa shape index (κ2) is 5.24. The molecule has 4 nitrogen and oxygen atoms in total. The van der Waals surface area contributed by atoms with Crippen molar-refractivity contribution in [3.63, 3.8) is 0 Å². The third-order valence-corrected chi connectivity index (χ3v) is 5.05. The minimum Gasteiger partial charge on any atom is -0.316 e. The Morgan fingerprint density at radius 1 is 1.38 bits per heavy atom. The number of imidazole rings is 1. The van der Waals surface area contributed by atoms with Crippen molar-refractivity contribution in [2.45, 2.75) is 19.8 Å². The molecule has 0 aromatic carbocycles. The molecule has 1 aliphatic heterocycles. The molecule has 3 aromatic heterocycles. The first-order valence-electron chi connectivity index (χ1n) is 7.41. The van der Waals surface area contributed by atoms with Gasteiger partial charge in [-0.2, -0.15) is 0 Å². The lowest BCUT2D eigenvalue weighted by molar-refractivity contribution is 0.559. The van der Waals surface area contributed by atoms with Crippen molar-refractivity contribution in [3.8, 4) is 5.00 Å². The molecule has 21 heavy (non-hydrogen) atoms. The molecule has 0 saturated carbocycles. The van der Waals surface area contributed by atoms with Gasteiger partial charge in [-0.1, -0.05) is 0 Å². The van der Waals surface area contributed by atoms with Gasteiger partial charge < -0.3 is 5.32 Å². The molecule has 1 N–H and O–H groups in total. The van der Waals surface area contributed by atoms with E-state index >= 15 is 0 Å². The Morgan fingerprint density at radius 3 is 3.10 bits per heavy atom. The van der Waals surface area contributed by atoms with Crippen molar-refractivity contribution >= 4 is 22.5 Å². The van der Waals surface area contributed by atoms with Crippen molar-refractivity contribution in [1.29, 1.82) is 0 Å². The second-order valence-electron chi connectivity index (χ2n) is 5.66. The van der Waals surface area contributed by atoms with Crippen LogP contribution in [0.15, 0.2) is 30.5 Å². The Balaban J connectivity index is 1.84. The molecular formula is C16H18N4S. The summed E-state index contributed by atoms with van der Waals surface area (Å²) >= 11 is 1.80. The first kappa shape index (κ1) is 13.0. The van der Waals surface area contributed by atoms with Gasteiger partial charge in [0.1, 0.15) is 16.3 Å². The highest BCUT2D eigenvalue weighted by molar-refractivity contribution is 7.14. The number of fused-ring (bicyclic) bond motifs is 1. The van der Waals surface area contributed by atoms with Gasteiger partial charge in [0.15, 0.2) is 5.65 Å². The van der Waals surface area contributed by atoms with Crippen LogP contribution in [-0.4, -0.2) is 27.6 Å². The van der Waals surface area contributed by atoms with Gasteiger partial charge in [0, 0.05) is 17.5 Å². The summed E-state index contributed by atoms with van der Waals surface area (Å²) in [6, 6.07) is 8.35. The monoisotopic (exact) mass is 298 g/mol. The van der Waals surface area contributed by atoms with E-state index < -0.39 is 0 Å². The Hall–Kier alpha value is -1.72. The highest BCUT2D eigenvalue weighted by atomic mass is 32.1. The second-order valence-corrected chi connectivity index (χ2v) is 6.92. The number of rotatable bonds is 3. The van der Waals surface area contributed by atoms with Crippen LogP contribution in [0.25, 0.3) is 16.2 Å². The molecule has 0 aliphatic carbocycles. The van der Waals surface area contributed by atoms with Crippen LogP contribution in [-0.2, 0) is 6.42 Å². The van der Waals surface area contributed by atoms with Gasteiger partial charge in [0.25, 0.3) is 0 Å². The van der Waals surface area contributed by atoms with E-state index in [2.05, 4.69) is 40.0 Å². The van der Waals surface area contributed by atoms with E-state index in [4.69, 9.17) is 4.98 Å². The molecule has 1 unspecified atom stereocenters. The number of hydrogen-bond acceptors (Lipinski definition) is 4. The summed E-state index contributed by atoms with van der Waals surface area (Å²) in [6.45, 7) is 4.36. The summed E-state index contributed by atoms with van der Waals surface area (Å²) in [6.07, 6.45) is 4.10. The largest absolute Gasteiger partial charge is 0.316 e. The SMILES string of the molecule is Cc1ccc(-n2c(CC3CCNC3)nc3cccnc32)s1. The van der Waals surface area contributed by atoms with Crippen LogP contribution >= 0.6 is 11.3 Å². The van der Waals surface area contributed by atoms with Crippen LogP contribution in [0.4, 0.5) is 0 Å². The number of nitrogens with one attached hydrogen (secondary N) is 1. The fraction of sp³-hybridized carbons (Fsp3) is 0.375. The van der Waals surface area contributed by atoms with Gasteiger partial charge in [-0.3, -0.25) is 4.57 Å². The lowest BCUT2D eigenvalue weighted by Gasteiger charge is -2.10. The molecule has 1 atom stereocenters. The van der Waals surface area contributed by atoms with E-state index in [1.807, 2.05) is 12.3 Å². The van der Waals surface area contributed by atoms with Crippen molar-refractivity contribution in [2.75, 3.05) is 13.1 Å². The maximum absolute atomic E-state index is 4.84. The van der Waals surface area contributed by atoms with Gasteiger partial charge in [0.2, 0.25) is 0 Å². The molecule has 1 fully saturated rings. The van der Waals surface area contributed by atoms with Gasteiger partial charge in [0.05, 0.1) is 0 Å². The van der Waals surface area contributed by atoms with Crippen molar-refractivity contribution in [1.82, 2.24) is 19.9 Å². The normalized spacial score (nSPS) is 18.6. The van der Waals surface area contributed by atoms with E-state index in [1.54, 1.807) is 11.3 Å². The predicted octanol–water partition coefficient (Wildman–Crippen LogP) is 2.94. The highest BCUT2D eigenvalue weighted by Gasteiger charge is 2.21. The molecule has 0 amide bonds. The zero-order valence-electron chi connectivity index (χ0n) is 12.0. The number of aromatic nitrogens is 3. The number of nitrogens with zero attached hydrogens (tertiary/aromatic N) is 3. The standard InChI is InChI=1S/C16H18N4S/c1-11-4-5-15(21-11)20-14(9-12-6-8-17-10-12)19-13-3-2-7-18-16(13)20/h2-5,7,12,17H,6,8-10H2,1H3. The molecule has 4 rings (SSSR count). The van der Waals surface area contributed by atoms with E-state index in [0.29, 0.717) is 5.92 Å². The minimum absolute atomic E-state index is 0.682. The fourth-order valence-corrected chi connectivity index (χ4v) is 3.90. The molecule has 4 heterocycles. The van der Waals surface area contributed by atoms with Crippen LogP contribution in [0.5, 0.6) is 0 Å². The van der Waals surface area contributed by atoms with Gasteiger partial charge in [-0.15, -0.1) is 11.3 Å². The van der Waals surface area contributed by atoms with Crippen LogP contribution in [0.3, 0.4) is 0 Å². The molecule has 1 saturated heterocycles. The van der Waals surface area contributed by atoms with Crippen molar-refractivity contribution in [2.24, 2.45) is 5.92 Å². The third kappa shape index (κ3) is 2.36. The fourth-order valence-electron chi connectivity index (χ4n) is 3.02. The summed E-state index contributed by atoms with van der Waals surface area (Å²) < 4.78 is 2.24. The topological polar surface area (TPSA) is 42.7 Å². The number of hydrogen-bond donors (Lipinski definition) is 1. The Morgan fingerprint density at radius 2 is 2.33 bits per heavy atom. The molecular weight excluding hydrogens is 280 g/mol. The molecule has 0 spiro atoms. The number of pyridine rings is 1. The van der Waals surface area contributed by atoms with Gasteiger partial charge in [-0.25, -0.2) is 9.97 Å². The maximum atomic E-state index is 4.84. The maximum Gasteiger partial charge on any atom is 0.165 e. The van der Waals surface area contributed by atoms with Crippen molar-refractivity contribution in [3.05, 3.63) is 41.2 Å². The van der Waals surface area contributed by atoms with E-state index in [1.165, 1.54) is 16.3 Å². The Bertz CT molecular complexity index is 768. The average molecular weight is 298 g/mol. The highest BCUT2D eigenvalue weighted by Crippen LogP contribution is 2.27. The van der Waals surface area contributed by atoms with Crippen LogP contribution < -0.4 is 5.32 Å². The molecule has 5 heteroatoms. The summed E-state index contributed by atoms with van der Waals surface area (Å²) in [5.74, 6) is 1.82. The first-order valence-corrected chi connectivity index (χ1v) is 8.23. The predicted molar refractivity (Wildman–Crippen MR) is 86.2 cm³/mol. The van der Waals surface area contributed by atoms with Gasteiger partial charge >= 0.3 is 0 Å². The molecule has 0 radical (unpaired) electrons. The number of thiophene rings is 1. The summed E-state index contributed by atoms with van der Waals surface area (Å²) in [4.78, 5) is 10.7. The molecule has 1 aliphatic rings. The Labute approximate surface area is 127 Å². The minimum atomic E-state index is 0.682. The zero-order chi connectivity index (χ0) is 14.2. The number of aryl methyl sites for hydroxylation is 1. The molecule has 3 aromatic rings. The quantitative estimate of drug-likeness (QED) is 0.808. The lowest BCUT2D eigenvalue weighted by Crippen LogP contribution is -2.13. The summed E-state index contributed by atoms with van der Waals surface area (Å²) in [5.41, 5.74) is 1.96.